The van der Waals surface area contributed by atoms with Crippen molar-refractivity contribution in [3.8, 4) is 0 Å². The van der Waals surface area contributed by atoms with Crippen molar-refractivity contribution >= 4 is 0 Å². The summed E-state index contributed by atoms with van der Waals surface area (Å²) in [5.74, 6) is 0. The lowest BCUT2D eigenvalue weighted by Crippen LogP contribution is -2.49. The lowest BCUT2D eigenvalue weighted by molar-refractivity contribution is 0.0703. The fourth-order valence-corrected chi connectivity index (χ4v) is 2.73. The zero-order chi connectivity index (χ0) is 12.9. The Morgan fingerprint density at radius 3 is 2.65 bits per heavy atom. The third-order valence-electron chi connectivity index (χ3n) is 4.04. The minimum atomic E-state index is 0.358. The molecule has 1 rings (SSSR count). The van der Waals surface area contributed by atoms with Gasteiger partial charge < -0.3 is 15.0 Å². The largest absolute Gasteiger partial charge is 0.385 e. The molecule has 0 saturated carbocycles. The van der Waals surface area contributed by atoms with Gasteiger partial charge in [-0.25, -0.2) is 0 Å². The average molecular weight is 242 g/mol. The number of rotatable bonds is 6. The van der Waals surface area contributed by atoms with E-state index in [4.69, 9.17) is 4.74 Å². The number of nitrogens with one attached hydrogen (secondary N) is 1. The second-order valence-corrected chi connectivity index (χ2v) is 6.24. The molecular formula is C14H30N2O. The van der Waals surface area contributed by atoms with E-state index in [-0.39, 0.29) is 0 Å². The van der Waals surface area contributed by atoms with Crippen molar-refractivity contribution in [1.29, 1.82) is 0 Å². The molecule has 0 radical (unpaired) electrons. The van der Waals surface area contributed by atoms with Crippen LogP contribution in [-0.2, 0) is 4.74 Å². The Balaban J connectivity index is 2.40. The Morgan fingerprint density at radius 1 is 1.41 bits per heavy atom. The molecule has 0 bridgehead atoms. The SMILES string of the molecule is CNC1CCN(CC(C)(C)CCOC)C(C)C1. The van der Waals surface area contributed by atoms with E-state index in [0.29, 0.717) is 17.5 Å². The summed E-state index contributed by atoms with van der Waals surface area (Å²) in [5, 5.41) is 3.41. The number of ether oxygens (including phenoxy) is 1. The number of hydrogen-bond donors (Lipinski definition) is 1. The fourth-order valence-electron chi connectivity index (χ4n) is 2.73. The van der Waals surface area contributed by atoms with Crippen LogP contribution in [0.15, 0.2) is 0 Å². The zero-order valence-corrected chi connectivity index (χ0v) is 12.3. The van der Waals surface area contributed by atoms with Crippen molar-refractivity contribution in [3.05, 3.63) is 0 Å². The van der Waals surface area contributed by atoms with Crippen molar-refractivity contribution in [2.75, 3.05) is 33.9 Å². The quantitative estimate of drug-likeness (QED) is 0.772. The third kappa shape index (κ3) is 4.94. The number of hydrogen-bond acceptors (Lipinski definition) is 3. The van der Waals surface area contributed by atoms with Gasteiger partial charge >= 0.3 is 0 Å². The molecule has 1 aliphatic rings. The predicted molar refractivity (Wildman–Crippen MR) is 73.4 cm³/mol. The van der Waals surface area contributed by atoms with E-state index in [9.17, 15) is 0 Å². The molecule has 17 heavy (non-hydrogen) atoms. The summed E-state index contributed by atoms with van der Waals surface area (Å²) >= 11 is 0. The summed E-state index contributed by atoms with van der Waals surface area (Å²) in [7, 11) is 3.87. The Labute approximate surface area is 107 Å². The average Bonchev–Trinajstić information content (AvgIpc) is 2.29. The van der Waals surface area contributed by atoms with Crippen LogP contribution >= 0.6 is 0 Å². The van der Waals surface area contributed by atoms with Crippen LogP contribution in [0.25, 0.3) is 0 Å². The first-order chi connectivity index (χ1) is 7.98. The van der Waals surface area contributed by atoms with Crippen LogP contribution in [0.2, 0.25) is 0 Å². The minimum Gasteiger partial charge on any atom is -0.385 e. The molecule has 0 aromatic rings. The van der Waals surface area contributed by atoms with E-state index in [1.165, 1.54) is 25.9 Å². The highest BCUT2D eigenvalue weighted by Gasteiger charge is 2.29. The standard InChI is InChI=1S/C14H30N2O/c1-12-10-13(15-4)6-8-16(12)11-14(2,3)7-9-17-5/h12-13,15H,6-11H2,1-5H3. The maximum Gasteiger partial charge on any atom is 0.0467 e. The molecule has 1 heterocycles. The van der Waals surface area contributed by atoms with Crippen LogP contribution in [0.1, 0.15) is 40.0 Å². The highest BCUT2D eigenvalue weighted by atomic mass is 16.5. The topological polar surface area (TPSA) is 24.5 Å². The van der Waals surface area contributed by atoms with Crippen molar-refractivity contribution in [1.82, 2.24) is 10.2 Å². The maximum atomic E-state index is 5.20. The van der Waals surface area contributed by atoms with Crippen LogP contribution in [0.5, 0.6) is 0 Å². The van der Waals surface area contributed by atoms with Gasteiger partial charge in [-0.3, -0.25) is 0 Å². The zero-order valence-electron chi connectivity index (χ0n) is 12.3. The molecule has 1 fully saturated rings. The monoisotopic (exact) mass is 242 g/mol. The van der Waals surface area contributed by atoms with Crippen LogP contribution in [0.4, 0.5) is 0 Å². The highest BCUT2D eigenvalue weighted by molar-refractivity contribution is 4.85. The Morgan fingerprint density at radius 2 is 2.12 bits per heavy atom. The van der Waals surface area contributed by atoms with Gasteiger partial charge in [0, 0.05) is 32.3 Å². The normalized spacial score (nSPS) is 27.4. The van der Waals surface area contributed by atoms with Gasteiger partial charge in [-0.2, -0.15) is 0 Å². The van der Waals surface area contributed by atoms with E-state index in [1.54, 1.807) is 7.11 Å². The van der Waals surface area contributed by atoms with Gasteiger partial charge in [-0.15, -0.1) is 0 Å². The Hall–Kier alpha value is -0.120. The van der Waals surface area contributed by atoms with Crippen molar-refractivity contribution in [2.45, 2.75) is 52.1 Å². The molecule has 102 valence electrons. The molecule has 0 amide bonds. The van der Waals surface area contributed by atoms with Crippen molar-refractivity contribution < 1.29 is 4.74 Å². The van der Waals surface area contributed by atoms with Gasteiger partial charge in [-0.05, 0) is 45.2 Å². The fraction of sp³-hybridized carbons (Fsp3) is 1.00. The first-order valence-corrected chi connectivity index (χ1v) is 6.89. The molecule has 0 aromatic heterocycles. The lowest BCUT2D eigenvalue weighted by Gasteiger charge is -2.41. The number of piperidine rings is 1. The maximum absolute atomic E-state index is 5.20. The molecule has 1 aliphatic heterocycles. The van der Waals surface area contributed by atoms with Gasteiger partial charge in [0.2, 0.25) is 0 Å². The Kier molecular flexibility index (Phi) is 5.90. The van der Waals surface area contributed by atoms with Crippen LogP contribution in [0, 0.1) is 5.41 Å². The number of likely N-dealkylation sites (tertiary alicyclic amines) is 1. The smallest absolute Gasteiger partial charge is 0.0467 e. The molecule has 2 unspecified atom stereocenters. The molecule has 3 nitrogen and oxygen atoms in total. The van der Waals surface area contributed by atoms with E-state index < -0.39 is 0 Å². The van der Waals surface area contributed by atoms with Crippen molar-refractivity contribution in [3.63, 3.8) is 0 Å². The van der Waals surface area contributed by atoms with E-state index >= 15 is 0 Å². The van der Waals surface area contributed by atoms with E-state index in [0.717, 1.165) is 13.0 Å². The van der Waals surface area contributed by atoms with Crippen LogP contribution in [0.3, 0.4) is 0 Å². The molecule has 0 aliphatic carbocycles. The van der Waals surface area contributed by atoms with E-state index in [2.05, 4.69) is 38.0 Å². The second kappa shape index (κ2) is 6.72. The molecule has 0 spiro atoms. The molecule has 3 heteroatoms. The summed E-state index contributed by atoms with van der Waals surface area (Å²) < 4.78 is 5.20. The predicted octanol–water partition coefficient (Wildman–Crippen LogP) is 2.12. The van der Waals surface area contributed by atoms with Gasteiger partial charge in [0.1, 0.15) is 0 Å². The molecule has 1 saturated heterocycles. The molecule has 1 N–H and O–H groups in total. The van der Waals surface area contributed by atoms with E-state index in [1.807, 2.05) is 0 Å². The van der Waals surface area contributed by atoms with Gasteiger partial charge in [0.25, 0.3) is 0 Å². The summed E-state index contributed by atoms with van der Waals surface area (Å²) in [5.41, 5.74) is 0.358. The summed E-state index contributed by atoms with van der Waals surface area (Å²) in [6.45, 7) is 10.3. The van der Waals surface area contributed by atoms with Gasteiger partial charge in [0.15, 0.2) is 0 Å². The van der Waals surface area contributed by atoms with Gasteiger partial charge in [-0.1, -0.05) is 13.8 Å². The summed E-state index contributed by atoms with van der Waals surface area (Å²) in [6.07, 6.45) is 3.69. The lowest BCUT2D eigenvalue weighted by atomic mass is 9.87. The first kappa shape index (κ1) is 14.9. The summed E-state index contributed by atoms with van der Waals surface area (Å²) in [6, 6.07) is 1.41. The van der Waals surface area contributed by atoms with Gasteiger partial charge in [0.05, 0.1) is 0 Å². The number of methoxy groups -OCH3 is 1. The Bertz CT molecular complexity index is 218. The number of nitrogens with zero attached hydrogens (tertiary/aromatic N) is 1. The molecular weight excluding hydrogens is 212 g/mol. The van der Waals surface area contributed by atoms with Crippen LogP contribution in [-0.4, -0.2) is 50.8 Å². The first-order valence-electron chi connectivity index (χ1n) is 6.89. The highest BCUT2D eigenvalue weighted by Crippen LogP contribution is 2.26. The molecule has 0 aromatic carbocycles. The molecule has 2 atom stereocenters. The third-order valence-corrected chi connectivity index (χ3v) is 4.04. The van der Waals surface area contributed by atoms with Crippen molar-refractivity contribution in [2.24, 2.45) is 5.41 Å². The minimum absolute atomic E-state index is 0.358. The second-order valence-electron chi connectivity index (χ2n) is 6.24. The van der Waals surface area contributed by atoms with Crippen LogP contribution < -0.4 is 5.32 Å². The summed E-state index contributed by atoms with van der Waals surface area (Å²) in [4.78, 5) is 2.64.